The molecule has 4 nitrogen and oxygen atoms in total. The van der Waals surface area contributed by atoms with Crippen molar-refractivity contribution in [2.24, 2.45) is 5.92 Å². The van der Waals surface area contributed by atoms with Gasteiger partial charge < -0.3 is 15.5 Å². The summed E-state index contributed by atoms with van der Waals surface area (Å²) in [6, 6.07) is 0.424. The Kier molecular flexibility index (Phi) is 9.79. The van der Waals surface area contributed by atoms with Crippen LogP contribution in [0.1, 0.15) is 32.1 Å². The van der Waals surface area contributed by atoms with Gasteiger partial charge in [0.05, 0.1) is 0 Å². The van der Waals surface area contributed by atoms with Gasteiger partial charge in [-0.15, -0.1) is 24.8 Å². The van der Waals surface area contributed by atoms with Crippen molar-refractivity contribution in [1.29, 1.82) is 0 Å². The molecule has 0 aromatic carbocycles. The van der Waals surface area contributed by atoms with Crippen molar-refractivity contribution >= 4 is 30.7 Å². The molecule has 1 atom stereocenters. The molecule has 2 rings (SSSR count). The average Bonchev–Trinajstić information content (AvgIpc) is 2.81. The molecule has 0 saturated carbocycles. The minimum absolute atomic E-state index is 0. The molecule has 6 heteroatoms. The zero-order valence-electron chi connectivity index (χ0n) is 11.7. The van der Waals surface area contributed by atoms with Crippen molar-refractivity contribution in [2.45, 2.75) is 38.1 Å². The molecular weight excluding hydrogens is 285 g/mol. The summed E-state index contributed by atoms with van der Waals surface area (Å²) in [6.07, 6.45) is 5.47. The Balaban J connectivity index is 0.00000162. The maximum atomic E-state index is 11.7. The highest BCUT2D eigenvalue weighted by atomic mass is 35.5. The van der Waals surface area contributed by atoms with Gasteiger partial charge in [-0.3, -0.25) is 4.79 Å². The Morgan fingerprint density at radius 2 is 1.95 bits per heavy atom. The number of piperidine rings is 1. The van der Waals surface area contributed by atoms with E-state index in [0.717, 1.165) is 19.5 Å². The number of hydrogen-bond donors (Lipinski definition) is 2. The molecule has 1 unspecified atom stereocenters. The van der Waals surface area contributed by atoms with Gasteiger partial charge in [-0.05, 0) is 58.3 Å². The lowest BCUT2D eigenvalue weighted by atomic mass is 9.97. The zero-order valence-corrected chi connectivity index (χ0v) is 13.3. The third kappa shape index (κ3) is 6.80. The Morgan fingerprint density at radius 3 is 2.53 bits per heavy atom. The fourth-order valence-corrected chi connectivity index (χ4v) is 2.75. The molecule has 2 aliphatic rings. The molecule has 0 aromatic rings. The number of nitrogens with zero attached hydrogens (tertiary/aromatic N) is 1. The normalized spacial score (nSPS) is 24.4. The highest BCUT2D eigenvalue weighted by Gasteiger charge is 2.20. The Bertz CT molecular complexity index is 252. The summed E-state index contributed by atoms with van der Waals surface area (Å²) in [4.78, 5) is 14.1. The summed E-state index contributed by atoms with van der Waals surface area (Å²) < 4.78 is 0. The molecule has 2 aliphatic heterocycles. The number of hydrogen-bond acceptors (Lipinski definition) is 3. The van der Waals surface area contributed by atoms with Gasteiger partial charge in [0, 0.05) is 19.0 Å². The predicted molar refractivity (Wildman–Crippen MR) is 83.4 cm³/mol. The van der Waals surface area contributed by atoms with E-state index in [4.69, 9.17) is 0 Å². The predicted octanol–water partition coefficient (Wildman–Crippen LogP) is 1.43. The first-order valence-electron chi connectivity index (χ1n) is 6.92. The van der Waals surface area contributed by atoms with E-state index in [1.165, 1.54) is 32.4 Å². The van der Waals surface area contributed by atoms with Crippen molar-refractivity contribution in [3.63, 3.8) is 0 Å². The minimum atomic E-state index is 0. The fourth-order valence-electron chi connectivity index (χ4n) is 2.75. The molecule has 2 fully saturated rings. The lowest BCUT2D eigenvalue weighted by Crippen LogP contribution is -2.38. The fraction of sp³-hybridized carbons (Fsp3) is 0.923. The summed E-state index contributed by atoms with van der Waals surface area (Å²) in [7, 11) is 2.17. The molecule has 0 aliphatic carbocycles. The Hall–Kier alpha value is -0.0300. The molecule has 0 radical (unpaired) electrons. The van der Waals surface area contributed by atoms with Crippen molar-refractivity contribution in [3.05, 3.63) is 0 Å². The van der Waals surface area contributed by atoms with E-state index in [9.17, 15) is 4.79 Å². The third-order valence-corrected chi connectivity index (χ3v) is 4.02. The first kappa shape index (κ1) is 19.0. The monoisotopic (exact) mass is 311 g/mol. The van der Waals surface area contributed by atoms with Crippen LogP contribution in [0.15, 0.2) is 0 Å². The van der Waals surface area contributed by atoms with Crippen LogP contribution in [0.3, 0.4) is 0 Å². The topological polar surface area (TPSA) is 44.4 Å². The van der Waals surface area contributed by atoms with E-state index < -0.39 is 0 Å². The summed E-state index contributed by atoms with van der Waals surface area (Å²) in [5.74, 6) is 0.912. The lowest BCUT2D eigenvalue weighted by Gasteiger charge is -2.29. The zero-order chi connectivity index (χ0) is 12.1. The number of carbonyl (C=O) groups excluding carboxylic acids is 1. The molecule has 114 valence electrons. The van der Waals surface area contributed by atoms with Gasteiger partial charge in [-0.25, -0.2) is 0 Å². The van der Waals surface area contributed by atoms with Gasteiger partial charge in [0.1, 0.15) is 0 Å². The second-order valence-corrected chi connectivity index (χ2v) is 5.55. The van der Waals surface area contributed by atoms with E-state index in [1.54, 1.807) is 0 Å². The maximum Gasteiger partial charge on any atom is 0.221 e. The molecule has 0 bridgehead atoms. The Labute approximate surface area is 128 Å². The van der Waals surface area contributed by atoms with E-state index in [0.29, 0.717) is 18.4 Å². The van der Waals surface area contributed by atoms with Crippen LogP contribution in [0.4, 0.5) is 0 Å². The van der Waals surface area contributed by atoms with Gasteiger partial charge >= 0.3 is 0 Å². The van der Waals surface area contributed by atoms with Crippen LogP contribution in [0.25, 0.3) is 0 Å². The van der Waals surface area contributed by atoms with E-state index in [1.807, 2.05) is 0 Å². The average molecular weight is 312 g/mol. The van der Waals surface area contributed by atoms with Crippen LogP contribution in [0, 0.1) is 5.92 Å². The molecule has 19 heavy (non-hydrogen) atoms. The SMILES string of the molecule is CN1CCC(CNC(=O)CC2CCCN2)CC1.Cl.Cl. The quantitative estimate of drug-likeness (QED) is 0.825. The first-order chi connectivity index (χ1) is 8.24. The largest absolute Gasteiger partial charge is 0.356 e. The smallest absolute Gasteiger partial charge is 0.221 e. The van der Waals surface area contributed by atoms with Crippen molar-refractivity contribution in [1.82, 2.24) is 15.5 Å². The highest BCUT2D eigenvalue weighted by Crippen LogP contribution is 2.15. The van der Waals surface area contributed by atoms with Crippen LogP contribution in [-0.2, 0) is 4.79 Å². The second-order valence-electron chi connectivity index (χ2n) is 5.55. The van der Waals surface area contributed by atoms with Crippen LogP contribution >= 0.6 is 24.8 Å². The maximum absolute atomic E-state index is 11.7. The summed E-state index contributed by atoms with van der Waals surface area (Å²) >= 11 is 0. The number of halogens is 2. The van der Waals surface area contributed by atoms with Gasteiger partial charge in [-0.2, -0.15) is 0 Å². The number of nitrogens with one attached hydrogen (secondary N) is 2. The van der Waals surface area contributed by atoms with Gasteiger partial charge in [0.2, 0.25) is 5.91 Å². The molecule has 2 saturated heterocycles. The molecule has 0 spiro atoms. The van der Waals surface area contributed by atoms with Crippen molar-refractivity contribution in [3.8, 4) is 0 Å². The lowest BCUT2D eigenvalue weighted by molar-refractivity contribution is -0.121. The van der Waals surface area contributed by atoms with E-state index in [2.05, 4.69) is 22.6 Å². The molecule has 2 N–H and O–H groups in total. The van der Waals surface area contributed by atoms with Crippen molar-refractivity contribution < 1.29 is 4.79 Å². The third-order valence-electron chi connectivity index (χ3n) is 4.02. The second kappa shape index (κ2) is 9.81. The summed E-state index contributed by atoms with van der Waals surface area (Å²) in [6.45, 7) is 4.29. The van der Waals surface area contributed by atoms with E-state index in [-0.39, 0.29) is 30.7 Å². The van der Waals surface area contributed by atoms with Gasteiger partial charge in [0.25, 0.3) is 0 Å². The number of rotatable bonds is 4. The number of likely N-dealkylation sites (tertiary alicyclic amines) is 1. The molecule has 0 aromatic heterocycles. The number of carbonyl (C=O) groups is 1. The molecule has 1 amide bonds. The van der Waals surface area contributed by atoms with Gasteiger partial charge in [-0.1, -0.05) is 0 Å². The Morgan fingerprint density at radius 1 is 1.26 bits per heavy atom. The van der Waals surface area contributed by atoms with E-state index >= 15 is 0 Å². The standard InChI is InChI=1S/C13H25N3O.2ClH/c1-16-7-4-11(5-8-16)10-15-13(17)9-12-3-2-6-14-12;;/h11-12,14H,2-10H2,1H3,(H,15,17);2*1H. The first-order valence-corrected chi connectivity index (χ1v) is 6.92. The highest BCUT2D eigenvalue weighted by molar-refractivity contribution is 5.85. The van der Waals surface area contributed by atoms with Crippen LogP contribution in [0.5, 0.6) is 0 Å². The molecular formula is C13H27Cl2N3O. The summed E-state index contributed by atoms with van der Waals surface area (Å²) in [5, 5.41) is 6.46. The van der Waals surface area contributed by atoms with Crippen LogP contribution in [0.2, 0.25) is 0 Å². The van der Waals surface area contributed by atoms with Crippen LogP contribution in [-0.4, -0.2) is 50.1 Å². The summed E-state index contributed by atoms with van der Waals surface area (Å²) in [5.41, 5.74) is 0. The van der Waals surface area contributed by atoms with Gasteiger partial charge in [0.15, 0.2) is 0 Å². The number of amides is 1. The minimum Gasteiger partial charge on any atom is -0.356 e. The van der Waals surface area contributed by atoms with Crippen molar-refractivity contribution in [2.75, 3.05) is 33.2 Å². The van der Waals surface area contributed by atoms with Crippen LogP contribution < -0.4 is 10.6 Å². The molecule has 2 heterocycles.